The van der Waals surface area contributed by atoms with Crippen LogP contribution in [-0.2, 0) is 0 Å². The lowest BCUT2D eigenvalue weighted by Gasteiger charge is -2.11. The number of benzene rings is 1. The third-order valence-electron chi connectivity index (χ3n) is 2.98. The first-order valence-corrected chi connectivity index (χ1v) is 6.64. The van der Waals surface area contributed by atoms with E-state index < -0.39 is 0 Å². The van der Waals surface area contributed by atoms with Gasteiger partial charge in [-0.25, -0.2) is 0 Å². The molecule has 0 fully saturated rings. The minimum Gasteiger partial charge on any atom is -0.496 e. The monoisotopic (exact) mass is 247 g/mol. The highest BCUT2D eigenvalue weighted by molar-refractivity contribution is 5.56. The second-order valence-electron chi connectivity index (χ2n) is 4.92. The van der Waals surface area contributed by atoms with E-state index in [1.807, 2.05) is 6.07 Å². The SMILES string of the molecule is CCC(=Cc1ccc(OC)c(C)c1)CNC(C)C. The molecule has 0 aliphatic rings. The van der Waals surface area contributed by atoms with Gasteiger partial charge in [0.05, 0.1) is 7.11 Å². The van der Waals surface area contributed by atoms with Gasteiger partial charge < -0.3 is 10.1 Å². The van der Waals surface area contributed by atoms with E-state index in [9.17, 15) is 0 Å². The molecular formula is C16H25NO. The van der Waals surface area contributed by atoms with E-state index in [0.717, 1.165) is 18.7 Å². The zero-order valence-corrected chi connectivity index (χ0v) is 12.2. The van der Waals surface area contributed by atoms with Gasteiger partial charge in [0.2, 0.25) is 0 Å². The second kappa shape index (κ2) is 7.22. The summed E-state index contributed by atoms with van der Waals surface area (Å²) in [5, 5.41) is 3.46. The van der Waals surface area contributed by atoms with Crippen LogP contribution in [0.2, 0.25) is 0 Å². The van der Waals surface area contributed by atoms with Crippen LogP contribution < -0.4 is 10.1 Å². The lowest BCUT2D eigenvalue weighted by atomic mass is 10.1. The highest BCUT2D eigenvalue weighted by Gasteiger charge is 2.01. The molecule has 0 heterocycles. The van der Waals surface area contributed by atoms with Crippen molar-refractivity contribution in [1.82, 2.24) is 5.32 Å². The molecule has 0 aliphatic heterocycles. The molecule has 0 atom stereocenters. The van der Waals surface area contributed by atoms with Crippen molar-refractivity contribution >= 4 is 6.08 Å². The summed E-state index contributed by atoms with van der Waals surface area (Å²) >= 11 is 0. The van der Waals surface area contributed by atoms with Crippen molar-refractivity contribution in [3.05, 3.63) is 34.9 Å². The second-order valence-corrected chi connectivity index (χ2v) is 4.92. The Labute approximate surface area is 111 Å². The summed E-state index contributed by atoms with van der Waals surface area (Å²) < 4.78 is 5.28. The van der Waals surface area contributed by atoms with Crippen molar-refractivity contribution in [2.75, 3.05) is 13.7 Å². The van der Waals surface area contributed by atoms with E-state index in [4.69, 9.17) is 4.74 Å². The fourth-order valence-electron chi connectivity index (χ4n) is 1.84. The Morgan fingerprint density at radius 2 is 2.11 bits per heavy atom. The Bertz CT molecular complexity index is 408. The van der Waals surface area contributed by atoms with Gasteiger partial charge in [-0.15, -0.1) is 0 Å². The predicted molar refractivity (Wildman–Crippen MR) is 79.1 cm³/mol. The van der Waals surface area contributed by atoms with Crippen molar-refractivity contribution in [2.24, 2.45) is 0 Å². The van der Waals surface area contributed by atoms with Gasteiger partial charge in [0, 0.05) is 12.6 Å². The molecule has 0 saturated heterocycles. The number of ether oxygens (including phenoxy) is 1. The van der Waals surface area contributed by atoms with Crippen molar-refractivity contribution in [1.29, 1.82) is 0 Å². The largest absolute Gasteiger partial charge is 0.496 e. The quantitative estimate of drug-likeness (QED) is 0.825. The number of methoxy groups -OCH3 is 1. The summed E-state index contributed by atoms with van der Waals surface area (Å²) in [4.78, 5) is 0. The number of nitrogens with one attached hydrogen (secondary N) is 1. The maximum Gasteiger partial charge on any atom is 0.121 e. The van der Waals surface area contributed by atoms with Gasteiger partial charge in [0.25, 0.3) is 0 Å². The Morgan fingerprint density at radius 3 is 2.61 bits per heavy atom. The van der Waals surface area contributed by atoms with Crippen molar-refractivity contribution in [3.8, 4) is 5.75 Å². The summed E-state index contributed by atoms with van der Waals surface area (Å²) in [6, 6.07) is 6.84. The average Bonchev–Trinajstić information content (AvgIpc) is 2.34. The van der Waals surface area contributed by atoms with Gasteiger partial charge in [0.1, 0.15) is 5.75 Å². The number of aryl methyl sites for hydroxylation is 1. The molecule has 100 valence electrons. The first-order valence-electron chi connectivity index (χ1n) is 6.64. The third kappa shape index (κ3) is 4.53. The van der Waals surface area contributed by atoms with Gasteiger partial charge in [-0.1, -0.05) is 38.5 Å². The molecule has 1 aromatic carbocycles. The van der Waals surface area contributed by atoms with E-state index in [1.165, 1.54) is 16.7 Å². The average molecular weight is 247 g/mol. The normalized spacial score (nSPS) is 12.0. The van der Waals surface area contributed by atoms with Crippen LogP contribution >= 0.6 is 0 Å². The molecule has 0 radical (unpaired) electrons. The predicted octanol–water partition coefficient (Wildman–Crippen LogP) is 3.80. The number of hydrogen-bond acceptors (Lipinski definition) is 2. The summed E-state index contributed by atoms with van der Waals surface area (Å²) in [6.07, 6.45) is 3.34. The van der Waals surface area contributed by atoms with Crippen LogP contribution in [0.25, 0.3) is 6.08 Å². The Hall–Kier alpha value is -1.28. The summed E-state index contributed by atoms with van der Waals surface area (Å²) in [5.74, 6) is 0.950. The molecule has 18 heavy (non-hydrogen) atoms. The zero-order chi connectivity index (χ0) is 13.5. The smallest absolute Gasteiger partial charge is 0.121 e. The molecule has 2 nitrogen and oxygen atoms in total. The van der Waals surface area contributed by atoms with Gasteiger partial charge in [-0.3, -0.25) is 0 Å². The fraction of sp³-hybridized carbons (Fsp3) is 0.500. The van der Waals surface area contributed by atoms with Gasteiger partial charge in [-0.2, -0.15) is 0 Å². The molecule has 1 rings (SSSR count). The molecule has 0 aliphatic carbocycles. The van der Waals surface area contributed by atoms with Crippen LogP contribution in [0, 0.1) is 6.92 Å². The van der Waals surface area contributed by atoms with Gasteiger partial charge in [-0.05, 0) is 36.6 Å². The van der Waals surface area contributed by atoms with Gasteiger partial charge in [0.15, 0.2) is 0 Å². The van der Waals surface area contributed by atoms with E-state index in [0.29, 0.717) is 6.04 Å². The highest BCUT2D eigenvalue weighted by Crippen LogP contribution is 2.20. The maximum absolute atomic E-state index is 5.28. The van der Waals surface area contributed by atoms with E-state index >= 15 is 0 Å². The van der Waals surface area contributed by atoms with Crippen LogP contribution in [0.4, 0.5) is 0 Å². The molecule has 0 amide bonds. The molecule has 2 heteroatoms. The molecule has 1 aromatic rings. The number of hydrogen-bond donors (Lipinski definition) is 1. The molecule has 1 N–H and O–H groups in total. The van der Waals surface area contributed by atoms with Crippen LogP contribution in [0.15, 0.2) is 23.8 Å². The van der Waals surface area contributed by atoms with Crippen LogP contribution in [-0.4, -0.2) is 19.7 Å². The van der Waals surface area contributed by atoms with Crippen molar-refractivity contribution in [3.63, 3.8) is 0 Å². The van der Waals surface area contributed by atoms with Crippen LogP contribution in [0.5, 0.6) is 5.75 Å². The standard InChI is InChI=1S/C16H25NO/c1-6-14(11-17-12(2)3)10-15-7-8-16(18-5)13(4)9-15/h7-10,12,17H,6,11H2,1-5H3. The third-order valence-corrected chi connectivity index (χ3v) is 2.98. The first kappa shape index (κ1) is 14.8. The molecule has 0 bridgehead atoms. The van der Waals surface area contributed by atoms with E-state index in [1.54, 1.807) is 7.11 Å². The summed E-state index contributed by atoms with van der Waals surface area (Å²) in [7, 11) is 1.71. The molecular weight excluding hydrogens is 222 g/mol. The molecule has 0 aromatic heterocycles. The highest BCUT2D eigenvalue weighted by atomic mass is 16.5. The summed E-state index contributed by atoms with van der Waals surface area (Å²) in [5.41, 5.74) is 3.85. The van der Waals surface area contributed by atoms with Crippen LogP contribution in [0.1, 0.15) is 38.3 Å². The topological polar surface area (TPSA) is 21.3 Å². The summed E-state index contributed by atoms with van der Waals surface area (Å²) in [6.45, 7) is 9.58. The number of rotatable bonds is 6. The minimum absolute atomic E-state index is 0.526. The van der Waals surface area contributed by atoms with Crippen molar-refractivity contribution < 1.29 is 4.74 Å². The Kier molecular flexibility index (Phi) is 5.93. The van der Waals surface area contributed by atoms with Gasteiger partial charge >= 0.3 is 0 Å². The maximum atomic E-state index is 5.28. The lowest BCUT2D eigenvalue weighted by molar-refractivity contribution is 0.411. The Morgan fingerprint density at radius 1 is 1.39 bits per heavy atom. The van der Waals surface area contributed by atoms with Crippen LogP contribution in [0.3, 0.4) is 0 Å². The lowest BCUT2D eigenvalue weighted by Crippen LogP contribution is -2.24. The van der Waals surface area contributed by atoms with Crippen molar-refractivity contribution in [2.45, 2.75) is 40.2 Å². The van der Waals surface area contributed by atoms with E-state index in [-0.39, 0.29) is 0 Å². The molecule has 0 unspecified atom stereocenters. The fourth-order valence-corrected chi connectivity index (χ4v) is 1.84. The minimum atomic E-state index is 0.526. The first-order chi connectivity index (χ1) is 8.56. The molecule has 0 spiro atoms. The molecule has 0 saturated carbocycles. The zero-order valence-electron chi connectivity index (χ0n) is 12.2. The Balaban J connectivity index is 2.81. The van der Waals surface area contributed by atoms with E-state index in [2.05, 4.69) is 51.2 Å².